The fourth-order valence-corrected chi connectivity index (χ4v) is 2.41. The quantitative estimate of drug-likeness (QED) is 0.788. The molecule has 1 aliphatic rings. The smallest absolute Gasteiger partial charge is 0.231 e. The van der Waals surface area contributed by atoms with Gasteiger partial charge in [0, 0.05) is 12.2 Å². The summed E-state index contributed by atoms with van der Waals surface area (Å²) in [5.74, 6) is 0.224. The van der Waals surface area contributed by atoms with Crippen LogP contribution in [0.2, 0.25) is 0 Å². The van der Waals surface area contributed by atoms with Crippen LogP contribution in [-0.4, -0.2) is 19.0 Å². The zero-order valence-corrected chi connectivity index (χ0v) is 10.4. The highest BCUT2D eigenvalue weighted by molar-refractivity contribution is 6.01. The number of aryl methyl sites for hydroxylation is 1. The SMILES string of the molecule is CCN1C(=O)Cc2cc(CCCCN)ccc21. The summed E-state index contributed by atoms with van der Waals surface area (Å²) in [6, 6.07) is 6.40. The number of rotatable bonds is 5. The van der Waals surface area contributed by atoms with E-state index in [2.05, 4.69) is 18.2 Å². The van der Waals surface area contributed by atoms with Gasteiger partial charge in [0.15, 0.2) is 0 Å². The van der Waals surface area contributed by atoms with E-state index in [0.717, 1.165) is 38.0 Å². The number of unbranched alkanes of at least 4 members (excludes halogenated alkanes) is 1. The second-order valence-electron chi connectivity index (χ2n) is 4.52. The Morgan fingerprint density at radius 2 is 2.18 bits per heavy atom. The molecule has 0 atom stereocenters. The fourth-order valence-electron chi connectivity index (χ4n) is 2.41. The van der Waals surface area contributed by atoms with Crippen molar-refractivity contribution in [1.29, 1.82) is 0 Å². The van der Waals surface area contributed by atoms with Crippen LogP contribution < -0.4 is 10.6 Å². The molecule has 0 bridgehead atoms. The summed E-state index contributed by atoms with van der Waals surface area (Å²) in [5, 5.41) is 0. The van der Waals surface area contributed by atoms with E-state index in [1.807, 2.05) is 11.8 Å². The number of nitrogens with zero attached hydrogens (tertiary/aromatic N) is 1. The van der Waals surface area contributed by atoms with Crippen molar-refractivity contribution in [3.05, 3.63) is 29.3 Å². The average Bonchev–Trinajstić information content (AvgIpc) is 2.64. The maximum Gasteiger partial charge on any atom is 0.231 e. The first-order chi connectivity index (χ1) is 8.26. The van der Waals surface area contributed by atoms with Crippen LogP contribution in [0.3, 0.4) is 0 Å². The Hall–Kier alpha value is -1.35. The molecule has 17 heavy (non-hydrogen) atoms. The van der Waals surface area contributed by atoms with Crippen LogP contribution >= 0.6 is 0 Å². The zero-order valence-electron chi connectivity index (χ0n) is 10.4. The lowest BCUT2D eigenvalue weighted by atomic mass is 10.0. The van der Waals surface area contributed by atoms with Gasteiger partial charge in [-0.05, 0) is 49.9 Å². The molecule has 0 spiro atoms. The molecule has 3 nitrogen and oxygen atoms in total. The molecule has 0 saturated carbocycles. The number of amides is 1. The highest BCUT2D eigenvalue weighted by Gasteiger charge is 2.25. The molecule has 3 heteroatoms. The molecule has 0 saturated heterocycles. The van der Waals surface area contributed by atoms with Crippen molar-refractivity contribution < 1.29 is 4.79 Å². The van der Waals surface area contributed by atoms with Gasteiger partial charge in [0.2, 0.25) is 5.91 Å². The third-order valence-corrected chi connectivity index (χ3v) is 3.31. The van der Waals surface area contributed by atoms with E-state index in [1.165, 1.54) is 11.1 Å². The van der Waals surface area contributed by atoms with Crippen molar-refractivity contribution in [2.24, 2.45) is 5.73 Å². The van der Waals surface area contributed by atoms with Gasteiger partial charge in [-0.3, -0.25) is 4.79 Å². The van der Waals surface area contributed by atoms with Gasteiger partial charge in [0.25, 0.3) is 0 Å². The third-order valence-electron chi connectivity index (χ3n) is 3.31. The van der Waals surface area contributed by atoms with E-state index >= 15 is 0 Å². The Balaban J connectivity index is 2.11. The highest BCUT2D eigenvalue weighted by Crippen LogP contribution is 2.29. The van der Waals surface area contributed by atoms with Crippen LogP contribution in [0.25, 0.3) is 0 Å². The predicted octanol–water partition coefficient (Wildman–Crippen LogP) is 1.88. The van der Waals surface area contributed by atoms with Gasteiger partial charge in [-0.25, -0.2) is 0 Å². The number of likely N-dealkylation sites (N-methyl/N-ethyl adjacent to an activating group) is 1. The molecule has 0 unspecified atom stereocenters. The lowest BCUT2D eigenvalue weighted by molar-refractivity contribution is -0.117. The van der Waals surface area contributed by atoms with Crippen LogP contribution in [0, 0.1) is 0 Å². The van der Waals surface area contributed by atoms with E-state index in [9.17, 15) is 4.79 Å². The number of anilines is 1. The van der Waals surface area contributed by atoms with Crippen molar-refractivity contribution in [2.75, 3.05) is 18.0 Å². The van der Waals surface area contributed by atoms with Gasteiger partial charge in [0.1, 0.15) is 0 Å². The normalized spacial score (nSPS) is 14.2. The van der Waals surface area contributed by atoms with Crippen molar-refractivity contribution >= 4 is 11.6 Å². The first-order valence-corrected chi connectivity index (χ1v) is 6.38. The van der Waals surface area contributed by atoms with Crippen LogP contribution in [0.5, 0.6) is 0 Å². The monoisotopic (exact) mass is 232 g/mol. The molecule has 0 radical (unpaired) electrons. The maximum absolute atomic E-state index is 11.7. The molecule has 1 aliphatic heterocycles. The molecule has 0 fully saturated rings. The average molecular weight is 232 g/mol. The Morgan fingerprint density at radius 1 is 1.35 bits per heavy atom. The Labute approximate surface area is 103 Å². The van der Waals surface area contributed by atoms with Gasteiger partial charge >= 0.3 is 0 Å². The van der Waals surface area contributed by atoms with E-state index in [-0.39, 0.29) is 5.91 Å². The molecule has 1 amide bonds. The van der Waals surface area contributed by atoms with Crippen molar-refractivity contribution in [2.45, 2.75) is 32.6 Å². The number of hydrogen-bond donors (Lipinski definition) is 1. The minimum Gasteiger partial charge on any atom is -0.330 e. The predicted molar refractivity (Wildman–Crippen MR) is 70.2 cm³/mol. The van der Waals surface area contributed by atoms with Crippen molar-refractivity contribution in [3.63, 3.8) is 0 Å². The van der Waals surface area contributed by atoms with Crippen molar-refractivity contribution in [3.8, 4) is 0 Å². The Kier molecular flexibility index (Phi) is 3.79. The number of hydrogen-bond acceptors (Lipinski definition) is 2. The highest BCUT2D eigenvalue weighted by atomic mass is 16.2. The van der Waals surface area contributed by atoms with E-state index in [0.29, 0.717) is 6.42 Å². The number of fused-ring (bicyclic) bond motifs is 1. The molecule has 2 N–H and O–H groups in total. The summed E-state index contributed by atoms with van der Waals surface area (Å²) in [7, 11) is 0. The summed E-state index contributed by atoms with van der Waals surface area (Å²) in [6.07, 6.45) is 3.82. The first kappa shape index (κ1) is 12.1. The standard InChI is InChI=1S/C14H20N2O/c1-2-16-13-7-6-11(5-3-4-8-15)9-12(13)10-14(16)17/h6-7,9H,2-5,8,10,15H2,1H3. The third kappa shape index (κ3) is 2.50. The summed E-state index contributed by atoms with van der Waals surface area (Å²) in [5.41, 5.74) is 9.09. The summed E-state index contributed by atoms with van der Waals surface area (Å²) in [4.78, 5) is 13.6. The summed E-state index contributed by atoms with van der Waals surface area (Å²) in [6.45, 7) is 3.54. The largest absolute Gasteiger partial charge is 0.330 e. The van der Waals surface area contributed by atoms with Gasteiger partial charge in [-0.2, -0.15) is 0 Å². The second kappa shape index (κ2) is 5.32. The summed E-state index contributed by atoms with van der Waals surface area (Å²) < 4.78 is 0. The molecular formula is C14H20N2O. The number of nitrogens with two attached hydrogens (primary N) is 1. The van der Waals surface area contributed by atoms with Gasteiger partial charge in [0.05, 0.1) is 6.42 Å². The number of benzene rings is 1. The number of carbonyl (C=O) groups is 1. The van der Waals surface area contributed by atoms with E-state index in [4.69, 9.17) is 5.73 Å². The number of carbonyl (C=O) groups excluding carboxylic acids is 1. The Morgan fingerprint density at radius 3 is 2.88 bits per heavy atom. The minimum absolute atomic E-state index is 0.224. The molecule has 1 aromatic rings. The molecule has 0 aliphatic carbocycles. The molecule has 92 valence electrons. The Bertz CT molecular complexity index is 415. The molecule has 1 heterocycles. The topological polar surface area (TPSA) is 46.3 Å². The second-order valence-corrected chi connectivity index (χ2v) is 4.52. The van der Waals surface area contributed by atoms with Crippen LogP contribution in [-0.2, 0) is 17.6 Å². The summed E-state index contributed by atoms with van der Waals surface area (Å²) >= 11 is 0. The van der Waals surface area contributed by atoms with Crippen LogP contribution in [0.1, 0.15) is 30.9 Å². The first-order valence-electron chi connectivity index (χ1n) is 6.38. The zero-order chi connectivity index (χ0) is 12.3. The molecule has 2 rings (SSSR count). The lowest BCUT2D eigenvalue weighted by Gasteiger charge is -2.14. The van der Waals surface area contributed by atoms with Crippen LogP contribution in [0.4, 0.5) is 5.69 Å². The van der Waals surface area contributed by atoms with Gasteiger partial charge in [-0.15, -0.1) is 0 Å². The van der Waals surface area contributed by atoms with Gasteiger partial charge < -0.3 is 10.6 Å². The molecule has 0 aromatic heterocycles. The molecular weight excluding hydrogens is 212 g/mol. The van der Waals surface area contributed by atoms with Gasteiger partial charge in [-0.1, -0.05) is 12.1 Å². The molecule has 1 aromatic carbocycles. The van der Waals surface area contributed by atoms with Crippen molar-refractivity contribution in [1.82, 2.24) is 0 Å². The minimum atomic E-state index is 0.224. The fraction of sp³-hybridized carbons (Fsp3) is 0.500. The lowest BCUT2D eigenvalue weighted by Crippen LogP contribution is -2.25. The maximum atomic E-state index is 11.7. The van der Waals surface area contributed by atoms with Crippen LogP contribution in [0.15, 0.2) is 18.2 Å². The van der Waals surface area contributed by atoms with E-state index in [1.54, 1.807) is 0 Å². The van der Waals surface area contributed by atoms with E-state index < -0.39 is 0 Å².